The minimum absolute atomic E-state index is 0.146. The Morgan fingerprint density at radius 2 is 1.69 bits per heavy atom. The molecule has 2 saturated heterocycles. The first-order valence-electron chi connectivity index (χ1n) is 11.5. The second-order valence-electron chi connectivity index (χ2n) is 8.26. The second kappa shape index (κ2) is 10.5. The van der Waals surface area contributed by atoms with Crippen LogP contribution in [0.5, 0.6) is 5.75 Å². The standard InChI is InChI=1S/C24H31N5O3/c1-2-3-4-5-17-32-20-9-7-19(8-10-20)29-22(30)18-21(23(29)31)27-13-15-28(16-14-27)24-25-11-6-12-26-24/h6-12,21H,2-5,13-18H2,1H3/t21-/m0/s1. The van der Waals surface area contributed by atoms with Crippen molar-refractivity contribution in [2.75, 3.05) is 42.6 Å². The molecule has 8 heteroatoms. The third kappa shape index (κ3) is 5.07. The summed E-state index contributed by atoms with van der Waals surface area (Å²) in [7, 11) is 0. The number of imide groups is 1. The molecule has 32 heavy (non-hydrogen) atoms. The lowest BCUT2D eigenvalue weighted by atomic mass is 10.2. The smallest absolute Gasteiger partial charge is 0.251 e. The minimum atomic E-state index is -0.407. The van der Waals surface area contributed by atoms with Gasteiger partial charge in [-0.2, -0.15) is 0 Å². The number of amides is 2. The van der Waals surface area contributed by atoms with Crippen molar-refractivity contribution in [2.24, 2.45) is 0 Å². The van der Waals surface area contributed by atoms with Crippen molar-refractivity contribution < 1.29 is 14.3 Å². The summed E-state index contributed by atoms with van der Waals surface area (Å²) in [4.78, 5) is 39.9. The number of hydrogen-bond donors (Lipinski definition) is 0. The molecule has 1 aromatic heterocycles. The SMILES string of the molecule is CCCCCCOc1ccc(N2C(=O)C[C@H](N3CCN(c4ncccn4)CC3)C2=O)cc1. The monoisotopic (exact) mass is 437 g/mol. The van der Waals surface area contributed by atoms with Crippen LogP contribution in [0.1, 0.15) is 39.0 Å². The first kappa shape index (κ1) is 22.2. The molecule has 1 aromatic carbocycles. The molecule has 0 N–H and O–H groups in total. The van der Waals surface area contributed by atoms with E-state index < -0.39 is 6.04 Å². The highest BCUT2D eigenvalue weighted by molar-refractivity contribution is 6.22. The summed E-state index contributed by atoms with van der Waals surface area (Å²) in [5, 5.41) is 0. The lowest BCUT2D eigenvalue weighted by Crippen LogP contribution is -2.53. The molecule has 2 aliphatic rings. The van der Waals surface area contributed by atoms with Crippen molar-refractivity contribution >= 4 is 23.5 Å². The highest BCUT2D eigenvalue weighted by atomic mass is 16.5. The zero-order valence-electron chi connectivity index (χ0n) is 18.7. The molecular weight excluding hydrogens is 406 g/mol. The van der Waals surface area contributed by atoms with E-state index in [0.717, 1.165) is 25.3 Å². The van der Waals surface area contributed by atoms with E-state index >= 15 is 0 Å². The number of anilines is 2. The number of carbonyl (C=O) groups excluding carboxylic acids is 2. The number of ether oxygens (including phenoxy) is 1. The number of unbranched alkanes of at least 4 members (excludes halogenated alkanes) is 3. The number of nitrogens with zero attached hydrogens (tertiary/aromatic N) is 5. The minimum Gasteiger partial charge on any atom is -0.494 e. The molecule has 0 bridgehead atoms. The van der Waals surface area contributed by atoms with Crippen LogP contribution in [0.3, 0.4) is 0 Å². The molecule has 2 amide bonds. The number of rotatable bonds is 9. The van der Waals surface area contributed by atoms with Crippen LogP contribution >= 0.6 is 0 Å². The van der Waals surface area contributed by atoms with Gasteiger partial charge in [0.05, 0.1) is 24.8 Å². The van der Waals surface area contributed by atoms with Crippen molar-refractivity contribution in [2.45, 2.75) is 45.1 Å². The summed E-state index contributed by atoms with van der Waals surface area (Å²) >= 11 is 0. The zero-order valence-corrected chi connectivity index (χ0v) is 18.7. The predicted octanol–water partition coefficient (Wildman–Crippen LogP) is 2.89. The van der Waals surface area contributed by atoms with Crippen LogP contribution < -0.4 is 14.5 Å². The summed E-state index contributed by atoms with van der Waals surface area (Å²) in [5.74, 6) is 1.17. The maximum Gasteiger partial charge on any atom is 0.251 e. The van der Waals surface area contributed by atoms with Gasteiger partial charge in [-0.25, -0.2) is 14.9 Å². The van der Waals surface area contributed by atoms with E-state index in [1.807, 2.05) is 12.1 Å². The van der Waals surface area contributed by atoms with Crippen molar-refractivity contribution in [3.05, 3.63) is 42.7 Å². The van der Waals surface area contributed by atoms with Crippen molar-refractivity contribution in [1.82, 2.24) is 14.9 Å². The van der Waals surface area contributed by atoms with E-state index in [-0.39, 0.29) is 18.2 Å². The van der Waals surface area contributed by atoms with Gasteiger partial charge in [0.1, 0.15) is 5.75 Å². The van der Waals surface area contributed by atoms with Crippen LogP contribution in [-0.2, 0) is 9.59 Å². The van der Waals surface area contributed by atoms with Gasteiger partial charge >= 0.3 is 0 Å². The average molecular weight is 438 g/mol. The highest BCUT2D eigenvalue weighted by Gasteiger charge is 2.43. The van der Waals surface area contributed by atoms with Gasteiger partial charge in [-0.1, -0.05) is 26.2 Å². The maximum absolute atomic E-state index is 13.1. The van der Waals surface area contributed by atoms with Crippen molar-refractivity contribution in [3.63, 3.8) is 0 Å². The Balaban J connectivity index is 1.32. The van der Waals surface area contributed by atoms with Gasteiger partial charge in [0.2, 0.25) is 11.9 Å². The van der Waals surface area contributed by atoms with Gasteiger partial charge in [0.25, 0.3) is 5.91 Å². The Morgan fingerprint density at radius 1 is 0.969 bits per heavy atom. The number of hydrogen-bond acceptors (Lipinski definition) is 7. The van der Waals surface area contributed by atoms with E-state index in [0.29, 0.717) is 31.3 Å². The first-order chi connectivity index (χ1) is 15.7. The fraction of sp³-hybridized carbons (Fsp3) is 0.500. The molecule has 2 fully saturated rings. The summed E-state index contributed by atoms with van der Waals surface area (Å²) in [5.41, 5.74) is 0.608. The molecule has 0 aliphatic carbocycles. The van der Waals surface area contributed by atoms with E-state index in [4.69, 9.17) is 4.74 Å². The largest absolute Gasteiger partial charge is 0.494 e. The molecule has 8 nitrogen and oxygen atoms in total. The fourth-order valence-electron chi connectivity index (χ4n) is 4.27. The van der Waals surface area contributed by atoms with Crippen LogP contribution in [0.15, 0.2) is 42.7 Å². The van der Waals surface area contributed by atoms with Crippen molar-refractivity contribution in [1.29, 1.82) is 0 Å². The van der Waals surface area contributed by atoms with E-state index in [1.165, 1.54) is 24.2 Å². The lowest BCUT2D eigenvalue weighted by Gasteiger charge is -2.36. The normalized spacial score (nSPS) is 19.6. The summed E-state index contributed by atoms with van der Waals surface area (Å²) in [6, 6.07) is 8.65. The summed E-state index contributed by atoms with van der Waals surface area (Å²) in [6.07, 6.45) is 8.30. The Labute approximate surface area is 189 Å². The molecular formula is C24H31N5O3. The topological polar surface area (TPSA) is 78.9 Å². The number of carbonyl (C=O) groups is 2. The number of aromatic nitrogens is 2. The number of piperazine rings is 1. The Morgan fingerprint density at radius 3 is 2.38 bits per heavy atom. The Hall–Kier alpha value is -3.00. The summed E-state index contributed by atoms with van der Waals surface area (Å²) < 4.78 is 5.78. The third-order valence-electron chi connectivity index (χ3n) is 6.07. The van der Waals surface area contributed by atoms with Crippen LogP contribution in [-0.4, -0.2) is 65.5 Å². The molecule has 2 aromatic rings. The highest BCUT2D eigenvalue weighted by Crippen LogP contribution is 2.28. The zero-order chi connectivity index (χ0) is 22.3. The van der Waals surface area contributed by atoms with Crippen LogP contribution in [0.2, 0.25) is 0 Å². The molecule has 0 radical (unpaired) electrons. The molecule has 2 aliphatic heterocycles. The first-order valence-corrected chi connectivity index (χ1v) is 11.5. The molecule has 0 unspecified atom stereocenters. The van der Waals surface area contributed by atoms with E-state index in [9.17, 15) is 9.59 Å². The fourth-order valence-corrected chi connectivity index (χ4v) is 4.27. The second-order valence-corrected chi connectivity index (χ2v) is 8.26. The summed E-state index contributed by atoms with van der Waals surface area (Å²) in [6.45, 7) is 5.72. The molecule has 0 spiro atoms. The third-order valence-corrected chi connectivity index (χ3v) is 6.07. The molecule has 3 heterocycles. The Bertz CT molecular complexity index is 898. The number of benzene rings is 1. The molecule has 4 rings (SSSR count). The predicted molar refractivity (Wildman–Crippen MR) is 123 cm³/mol. The van der Waals surface area contributed by atoms with E-state index in [1.54, 1.807) is 30.6 Å². The average Bonchev–Trinajstić information content (AvgIpc) is 3.14. The van der Waals surface area contributed by atoms with Gasteiger partial charge in [0, 0.05) is 38.6 Å². The Kier molecular flexibility index (Phi) is 7.32. The van der Waals surface area contributed by atoms with Crippen molar-refractivity contribution in [3.8, 4) is 5.75 Å². The van der Waals surface area contributed by atoms with Crippen LogP contribution in [0.25, 0.3) is 0 Å². The van der Waals surface area contributed by atoms with Gasteiger partial charge in [-0.05, 0) is 36.8 Å². The van der Waals surface area contributed by atoms with Gasteiger partial charge < -0.3 is 9.64 Å². The van der Waals surface area contributed by atoms with Crippen LogP contribution in [0, 0.1) is 0 Å². The van der Waals surface area contributed by atoms with Gasteiger partial charge in [-0.3, -0.25) is 14.5 Å². The molecule has 170 valence electrons. The van der Waals surface area contributed by atoms with Gasteiger partial charge in [0.15, 0.2) is 0 Å². The lowest BCUT2D eigenvalue weighted by molar-refractivity contribution is -0.123. The quantitative estimate of drug-likeness (QED) is 0.441. The van der Waals surface area contributed by atoms with E-state index in [2.05, 4.69) is 26.7 Å². The molecule has 1 atom stereocenters. The molecule has 0 saturated carbocycles. The maximum atomic E-state index is 13.1. The van der Waals surface area contributed by atoms with Crippen LogP contribution in [0.4, 0.5) is 11.6 Å². The van der Waals surface area contributed by atoms with Gasteiger partial charge in [-0.15, -0.1) is 0 Å².